The van der Waals surface area contributed by atoms with Crippen molar-refractivity contribution in [2.24, 2.45) is 0 Å². The van der Waals surface area contributed by atoms with E-state index in [-0.39, 0.29) is 5.56 Å². The minimum Gasteiger partial charge on any atom is -0.413 e. The lowest BCUT2D eigenvalue weighted by Gasteiger charge is -2.23. The van der Waals surface area contributed by atoms with Crippen LogP contribution in [0, 0.1) is 29.1 Å². The van der Waals surface area contributed by atoms with Crippen LogP contribution in [0.1, 0.15) is 6.92 Å². The van der Waals surface area contributed by atoms with Gasteiger partial charge in [0.1, 0.15) is 0 Å². The molecule has 0 aliphatic heterocycles. The van der Waals surface area contributed by atoms with E-state index in [1.165, 1.54) is 18.2 Å². The van der Waals surface area contributed by atoms with Crippen LogP contribution in [-0.4, -0.2) is 14.9 Å². The maximum absolute atomic E-state index is 13.9. The number of hydrogen-bond donors (Lipinski definition) is 0. The molecule has 23 heavy (non-hydrogen) atoms. The highest BCUT2D eigenvalue weighted by Crippen LogP contribution is 2.31. The Balaban J connectivity index is 2.66. The van der Waals surface area contributed by atoms with Gasteiger partial charge in [-0.25, -0.2) is 22.0 Å². The summed E-state index contributed by atoms with van der Waals surface area (Å²) in [6, 6.07) is 5.95. The minimum atomic E-state index is -2.32. The molecule has 0 N–H and O–H groups in total. The summed E-state index contributed by atoms with van der Waals surface area (Å²) in [5.74, 6) is -9.75. The molecule has 0 aliphatic rings. The fraction of sp³-hybridized carbons (Fsp3) is 0.250. The van der Waals surface area contributed by atoms with Gasteiger partial charge in [-0.05, 0) is 30.8 Å². The first-order valence-corrected chi connectivity index (χ1v) is 9.87. The van der Waals surface area contributed by atoms with Gasteiger partial charge in [-0.1, -0.05) is 24.3 Å². The van der Waals surface area contributed by atoms with Crippen LogP contribution in [0.5, 0.6) is 0 Å². The Morgan fingerprint density at radius 3 is 1.91 bits per heavy atom. The summed E-state index contributed by atoms with van der Waals surface area (Å²) in [5, 5.41) is 0.695. The molecule has 0 saturated heterocycles. The van der Waals surface area contributed by atoms with Gasteiger partial charge in [0.15, 0.2) is 23.3 Å². The summed E-state index contributed by atoms with van der Waals surface area (Å²) in [6.45, 7) is 6.05. The van der Waals surface area contributed by atoms with Gasteiger partial charge in [-0.2, -0.15) is 0 Å². The van der Waals surface area contributed by atoms with E-state index in [2.05, 4.69) is 0 Å². The molecular weight excluding hydrogens is 331 g/mol. The number of rotatable bonds is 4. The molecule has 0 aliphatic carbocycles. The first kappa shape index (κ1) is 17.6. The van der Waals surface area contributed by atoms with Crippen LogP contribution in [0.25, 0.3) is 11.1 Å². The van der Waals surface area contributed by atoms with E-state index >= 15 is 0 Å². The molecule has 2 aromatic carbocycles. The van der Waals surface area contributed by atoms with Gasteiger partial charge in [0.2, 0.25) is 14.1 Å². The second-order valence-corrected chi connectivity index (χ2v) is 9.36. The number of benzene rings is 2. The van der Waals surface area contributed by atoms with Crippen LogP contribution < -0.4 is 5.19 Å². The average molecular weight is 346 g/mol. The maximum atomic E-state index is 13.9. The van der Waals surface area contributed by atoms with Gasteiger partial charge in [0.05, 0.1) is 5.56 Å². The Hall–Kier alpha value is -1.73. The van der Waals surface area contributed by atoms with Crippen LogP contribution >= 0.6 is 0 Å². The summed E-state index contributed by atoms with van der Waals surface area (Å²) >= 11 is 0. The molecule has 0 heterocycles. The third-order valence-corrected chi connectivity index (χ3v) is 6.27. The number of hydrogen-bond acceptors (Lipinski definition) is 1. The normalized spacial score (nSPS) is 11.8. The second kappa shape index (κ2) is 6.41. The van der Waals surface area contributed by atoms with Gasteiger partial charge < -0.3 is 4.43 Å². The molecule has 7 heteroatoms. The third-order valence-electron chi connectivity index (χ3n) is 3.56. The minimum absolute atomic E-state index is 0.0735. The molecule has 1 nitrogen and oxygen atoms in total. The van der Waals surface area contributed by atoms with Gasteiger partial charge in [-0.15, -0.1) is 0 Å². The van der Waals surface area contributed by atoms with Crippen LogP contribution in [0.2, 0.25) is 13.1 Å². The van der Waals surface area contributed by atoms with Crippen LogP contribution in [0.15, 0.2) is 24.3 Å². The first-order valence-electron chi connectivity index (χ1n) is 6.97. The zero-order valence-electron chi connectivity index (χ0n) is 12.8. The van der Waals surface area contributed by atoms with E-state index in [1.54, 1.807) is 6.07 Å². The van der Waals surface area contributed by atoms with Gasteiger partial charge >= 0.3 is 0 Å². The van der Waals surface area contributed by atoms with Crippen LogP contribution in [0.3, 0.4) is 0 Å². The zero-order chi connectivity index (χ0) is 17.4. The Kier molecular flexibility index (Phi) is 4.91. The van der Waals surface area contributed by atoms with Crippen molar-refractivity contribution in [3.63, 3.8) is 0 Å². The fourth-order valence-corrected chi connectivity index (χ4v) is 4.24. The lowest BCUT2D eigenvalue weighted by Crippen LogP contribution is -2.44. The van der Waals surface area contributed by atoms with Gasteiger partial charge in [0.25, 0.3) is 0 Å². The molecule has 0 amide bonds. The Morgan fingerprint density at radius 2 is 1.39 bits per heavy atom. The highest BCUT2D eigenvalue weighted by molar-refractivity contribution is 6.84. The van der Waals surface area contributed by atoms with Crippen LogP contribution in [-0.2, 0) is 4.43 Å². The van der Waals surface area contributed by atoms with Gasteiger partial charge in [0, 0.05) is 6.61 Å². The predicted octanol–water partition coefficient (Wildman–Crippen LogP) is 4.50. The molecule has 2 rings (SSSR count). The van der Waals surface area contributed by atoms with Crippen molar-refractivity contribution < 1.29 is 26.4 Å². The summed E-state index contributed by atoms with van der Waals surface area (Å²) in [4.78, 5) is 0. The highest BCUT2D eigenvalue weighted by Gasteiger charge is 2.29. The van der Waals surface area contributed by atoms with Crippen molar-refractivity contribution in [1.82, 2.24) is 0 Å². The molecule has 0 atom stereocenters. The topological polar surface area (TPSA) is 9.23 Å². The Morgan fingerprint density at radius 1 is 0.870 bits per heavy atom. The van der Waals surface area contributed by atoms with Crippen molar-refractivity contribution in [1.29, 1.82) is 0 Å². The SMILES string of the molecule is CCO[Si](C)(C)c1cccc(-c2c(F)c(F)c(F)c(F)c2F)c1. The van der Waals surface area contributed by atoms with Crippen molar-refractivity contribution in [2.45, 2.75) is 20.0 Å². The molecule has 0 saturated carbocycles. The molecule has 0 bridgehead atoms. The smallest absolute Gasteiger partial charge is 0.218 e. The second-order valence-electron chi connectivity index (χ2n) is 5.47. The molecule has 0 radical (unpaired) electrons. The van der Waals surface area contributed by atoms with E-state index in [9.17, 15) is 22.0 Å². The van der Waals surface area contributed by atoms with E-state index < -0.39 is 43.0 Å². The fourth-order valence-electron chi connectivity index (χ4n) is 2.35. The average Bonchev–Trinajstić information content (AvgIpc) is 2.51. The molecule has 2 aromatic rings. The van der Waals surface area contributed by atoms with Crippen molar-refractivity contribution in [2.75, 3.05) is 6.61 Å². The van der Waals surface area contributed by atoms with E-state index in [1.807, 2.05) is 20.0 Å². The molecule has 0 aromatic heterocycles. The van der Waals surface area contributed by atoms with E-state index in [4.69, 9.17) is 4.43 Å². The standard InChI is InChI=1S/C16H15F5OSi/c1-4-22-23(2,3)10-7-5-6-9(8-10)11-12(17)14(19)16(21)15(20)13(11)18/h5-8H,4H2,1-3H3. The third kappa shape index (κ3) is 3.16. The van der Waals surface area contributed by atoms with Crippen LogP contribution in [0.4, 0.5) is 22.0 Å². The van der Waals surface area contributed by atoms with Crippen molar-refractivity contribution in [3.05, 3.63) is 53.4 Å². The van der Waals surface area contributed by atoms with E-state index in [0.717, 1.165) is 0 Å². The van der Waals surface area contributed by atoms with E-state index in [0.29, 0.717) is 11.8 Å². The summed E-state index contributed by atoms with van der Waals surface area (Å²) < 4.78 is 73.4. The molecule has 0 unspecified atom stereocenters. The first-order chi connectivity index (χ1) is 10.7. The summed E-state index contributed by atoms with van der Waals surface area (Å²) in [5.41, 5.74) is -1.000. The molecule has 124 valence electrons. The van der Waals surface area contributed by atoms with Crippen molar-refractivity contribution in [3.8, 4) is 11.1 Å². The molecular formula is C16H15F5OSi. The lowest BCUT2D eigenvalue weighted by atomic mass is 10.0. The highest BCUT2D eigenvalue weighted by atomic mass is 28.4. The summed E-state index contributed by atoms with van der Waals surface area (Å²) in [6.07, 6.45) is 0. The quantitative estimate of drug-likeness (QED) is 0.343. The number of halogens is 5. The zero-order valence-corrected chi connectivity index (χ0v) is 13.8. The molecule has 0 fully saturated rings. The Labute approximate surface area is 131 Å². The predicted molar refractivity (Wildman–Crippen MR) is 80.4 cm³/mol. The van der Waals surface area contributed by atoms with Gasteiger partial charge in [-0.3, -0.25) is 0 Å². The summed E-state index contributed by atoms with van der Waals surface area (Å²) in [7, 11) is -2.32. The monoisotopic (exact) mass is 346 g/mol. The maximum Gasteiger partial charge on any atom is 0.218 e. The Bertz CT molecular complexity index is 716. The lowest BCUT2D eigenvalue weighted by molar-refractivity contribution is 0.339. The largest absolute Gasteiger partial charge is 0.413 e. The van der Waals surface area contributed by atoms with Crippen molar-refractivity contribution >= 4 is 13.5 Å². The molecule has 0 spiro atoms.